The van der Waals surface area contributed by atoms with E-state index in [1.54, 1.807) is 0 Å². The molecule has 1 rings (SSSR count). The summed E-state index contributed by atoms with van der Waals surface area (Å²) in [6, 6.07) is 0. The van der Waals surface area contributed by atoms with Crippen molar-refractivity contribution >= 4 is 0 Å². The lowest BCUT2D eigenvalue weighted by atomic mass is 9.84. The predicted octanol–water partition coefficient (Wildman–Crippen LogP) is 2.64. The Hall–Kier alpha value is -0.480. The molecular weight excluding hydrogens is 202 g/mol. The second kappa shape index (κ2) is 5.56. The number of hydrogen-bond donors (Lipinski definition) is 0. The fourth-order valence-corrected chi connectivity index (χ4v) is 1.54. The molecule has 0 N–H and O–H groups in total. The number of rotatable bonds is 7. The Kier molecular flexibility index (Phi) is 4.67. The molecule has 15 heavy (non-hydrogen) atoms. The first-order valence-electron chi connectivity index (χ1n) is 5.21. The highest BCUT2D eigenvalue weighted by molar-refractivity contribution is 4.78. The van der Waals surface area contributed by atoms with Gasteiger partial charge in [0.25, 0.3) is 5.92 Å². The van der Waals surface area contributed by atoms with Crippen LogP contribution in [0, 0.1) is 5.92 Å². The molecule has 1 aliphatic rings. The van der Waals surface area contributed by atoms with Crippen molar-refractivity contribution in [2.45, 2.75) is 31.8 Å². The van der Waals surface area contributed by atoms with Gasteiger partial charge in [0.1, 0.15) is 13.2 Å². The van der Waals surface area contributed by atoms with Crippen molar-refractivity contribution in [1.82, 2.24) is 0 Å². The smallest absolute Gasteiger partial charge is 0.293 e. The average molecular weight is 220 g/mol. The summed E-state index contributed by atoms with van der Waals surface area (Å²) in [5, 5.41) is 0. The van der Waals surface area contributed by atoms with Gasteiger partial charge in [0.15, 0.2) is 0 Å². The van der Waals surface area contributed by atoms with Gasteiger partial charge in [0.2, 0.25) is 0 Å². The van der Waals surface area contributed by atoms with Gasteiger partial charge in [-0.05, 0) is 18.8 Å². The molecule has 0 amide bonds. The summed E-state index contributed by atoms with van der Waals surface area (Å²) >= 11 is 0. The molecule has 4 heteroatoms. The van der Waals surface area contributed by atoms with E-state index in [1.807, 2.05) is 0 Å². The maximum absolute atomic E-state index is 13.1. The van der Waals surface area contributed by atoms with Gasteiger partial charge in [-0.1, -0.05) is 13.0 Å². The summed E-state index contributed by atoms with van der Waals surface area (Å²) in [5.41, 5.74) is 0. The number of halogens is 2. The molecule has 0 radical (unpaired) electrons. The summed E-state index contributed by atoms with van der Waals surface area (Å²) < 4.78 is 36.0. The van der Waals surface area contributed by atoms with Crippen molar-refractivity contribution in [3.8, 4) is 0 Å². The van der Waals surface area contributed by atoms with Crippen molar-refractivity contribution in [2.75, 3.05) is 19.8 Å². The van der Waals surface area contributed by atoms with Gasteiger partial charge in [-0.25, -0.2) is 8.78 Å². The van der Waals surface area contributed by atoms with E-state index < -0.39 is 19.1 Å². The SMILES string of the molecule is C=CCOCC(F)(F)COC1CC(C)C1. The van der Waals surface area contributed by atoms with Crippen LogP contribution in [0.15, 0.2) is 12.7 Å². The molecule has 0 unspecified atom stereocenters. The van der Waals surface area contributed by atoms with E-state index in [4.69, 9.17) is 9.47 Å². The first-order valence-corrected chi connectivity index (χ1v) is 5.21. The van der Waals surface area contributed by atoms with Crippen LogP contribution in [0.3, 0.4) is 0 Å². The zero-order chi connectivity index (χ0) is 11.3. The van der Waals surface area contributed by atoms with Crippen LogP contribution in [0.4, 0.5) is 8.78 Å². The average Bonchev–Trinajstić information content (AvgIpc) is 2.11. The molecule has 0 saturated heterocycles. The van der Waals surface area contributed by atoms with Crippen LogP contribution in [-0.2, 0) is 9.47 Å². The molecule has 1 fully saturated rings. The number of alkyl halides is 2. The van der Waals surface area contributed by atoms with E-state index in [0.29, 0.717) is 5.92 Å². The highest BCUT2D eigenvalue weighted by Gasteiger charge is 2.34. The fraction of sp³-hybridized carbons (Fsp3) is 0.818. The Morgan fingerprint density at radius 2 is 2.07 bits per heavy atom. The topological polar surface area (TPSA) is 18.5 Å². The molecule has 0 bridgehead atoms. The largest absolute Gasteiger partial charge is 0.372 e. The van der Waals surface area contributed by atoms with Crippen LogP contribution in [-0.4, -0.2) is 31.8 Å². The molecule has 0 spiro atoms. The third kappa shape index (κ3) is 4.71. The Morgan fingerprint density at radius 1 is 1.40 bits per heavy atom. The normalized spacial score (nSPS) is 26.1. The summed E-state index contributed by atoms with van der Waals surface area (Å²) in [7, 11) is 0. The molecular formula is C11H18F2O2. The number of ether oxygens (including phenoxy) is 2. The Labute approximate surface area is 89.3 Å². The highest BCUT2D eigenvalue weighted by Crippen LogP contribution is 2.30. The van der Waals surface area contributed by atoms with Crippen molar-refractivity contribution < 1.29 is 18.3 Å². The second-order valence-electron chi connectivity index (χ2n) is 4.17. The molecule has 0 heterocycles. The van der Waals surface area contributed by atoms with Crippen LogP contribution in [0.25, 0.3) is 0 Å². The lowest BCUT2D eigenvalue weighted by molar-refractivity contribution is -0.150. The van der Waals surface area contributed by atoms with Gasteiger partial charge in [-0.2, -0.15) is 0 Å². The van der Waals surface area contributed by atoms with Crippen molar-refractivity contribution in [2.24, 2.45) is 5.92 Å². The van der Waals surface area contributed by atoms with Gasteiger partial charge in [-0.3, -0.25) is 0 Å². The predicted molar refractivity (Wildman–Crippen MR) is 54.1 cm³/mol. The molecule has 0 atom stereocenters. The molecule has 88 valence electrons. The third-order valence-electron chi connectivity index (χ3n) is 2.41. The first kappa shape index (κ1) is 12.6. The van der Waals surface area contributed by atoms with Gasteiger partial charge in [-0.15, -0.1) is 6.58 Å². The van der Waals surface area contributed by atoms with Gasteiger partial charge in [0, 0.05) is 0 Å². The van der Waals surface area contributed by atoms with E-state index in [2.05, 4.69) is 13.5 Å². The Bertz CT molecular complexity index is 201. The molecule has 1 aliphatic carbocycles. The summed E-state index contributed by atoms with van der Waals surface area (Å²) in [6.07, 6.45) is 3.25. The van der Waals surface area contributed by atoms with E-state index >= 15 is 0 Å². The van der Waals surface area contributed by atoms with Crippen LogP contribution >= 0.6 is 0 Å². The lowest BCUT2D eigenvalue weighted by Gasteiger charge is -2.33. The zero-order valence-electron chi connectivity index (χ0n) is 9.05. The monoisotopic (exact) mass is 220 g/mol. The standard InChI is InChI=1S/C11H18F2O2/c1-3-4-14-7-11(12,13)8-15-10-5-9(2)6-10/h3,9-10H,1,4-8H2,2H3. The van der Waals surface area contributed by atoms with Crippen molar-refractivity contribution in [3.63, 3.8) is 0 Å². The Balaban J connectivity index is 2.09. The molecule has 1 saturated carbocycles. The fourth-order valence-electron chi connectivity index (χ4n) is 1.54. The first-order chi connectivity index (χ1) is 7.03. The molecule has 0 aromatic carbocycles. The minimum absolute atomic E-state index is 0.0188. The van der Waals surface area contributed by atoms with Gasteiger partial charge in [0.05, 0.1) is 12.7 Å². The second-order valence-corrected chi connectivity index (χ2v) is 4.17. The summed E-state index contributed by atoms with van der Waals surface area (Å²) in [5.74, 6) is -2.28. The highest BCUT2D eigenvalue weighted by atomic mass is 19.3. The van der Waals surface area contributed by atoms with E-state index in [1.165, 1.54) is 6.08 Å². The van der Waals surface area contributed by atoms with Gasteiger partial charge >= 0.3 is 0 Å². The minimum atomic E-state index is -2.89. The maximum Gasteiger partial charge on any atom is 0.293 e. The lowest BCUT2D eigenvalue weighted by Crippen LogP contribution is -2.36. The van der Waals surface area contributed by atoms with Crippen LogP contribution in [0.2, 0.25) is 0 Å². The molecule has 0 aromatic rings. The summed E-state index contributed by atoms with van der Waals surface area (Å²) in [4.78, 5) is 0. The molecule has 0 aromatic heterocycles. The Morgan fingerprint density at radius 3 is 2.60 bits per heavy atom. The van der Waals surface area contributed by atoms with Gasteiger partial charge < -0.3 is 9.47 Å². The quantitative estimate of drug-likeness (QED) is 0.485. The van der Waals surface area contributed by atoms with E-state index in [-0.39, 0.29) is 12.7 Å². The molecule has 0 aliphatic heterocycles. The maximum atomic E-state index is 13.1. The van der Waals surface area contributed by atoms with Crippen molar-refractivity contribution in [3.05, 3.63) is 12.7 Å². The van der Waals surface area contributed by atoms with Crippen LogP contribution in [0.5, 0.6) is 0 Å². The zero-order valence-corrected chi connectivity index (χ0v) is 9.05. The minimum Gasteiger partial charge on any atom is -0.372 e. The van der Waals surface area contributed by atoms with E-state index in [9.17, 15) is 8.78 Å². The molecule has 2 nitrogen and oxygen atoms in total. The van der Waals surface area contributed by atoms with Crippen LogP contribution in [0.1, 0.15) is 19.8 Å². The number of hydrogen-bond acceptors (Lipinski definition) is 2. The van der Waals surface area contributed by atoms with Crippen LogP contribution < -0.4 is 0 Å². The van der Waals surface area contributed by atoms with Crippen molar-refractivity contribution in [1.29, 1.82) is 0 Å². The van der Waals surface area contributed by atoms with E-state index in [0.717, 1.165) is 12.8 Å². The summed E-state index contributed by atoms with van der Waals surface area (Å²) in [6.45, 7) is 4.49. The third-order valence-corrected chi connectivity index (χ3v) is 2.41.